The standard InChI is InChI=1S/C22H20ClN3O/c1-14-20(17-4-2-15(10-24)3-5-17)9-21(18-6-7-18)26(14)12-16-8-19(13-27)22(23)25-11-16/h2-5,8-9,11,18,27H,6-7,12-13H2,1H3. The number of rotatable bonds is 5. The van der Waals surface area contributed by atoms with Crippen molar-refractivity contribution >= 4 is 11.6 Å². The molecule has 2 heterocycles. The molecule has 1 aliphatic carbocycles. The number of hydrogen-bond acceptors (Lipinski definition) is 3. The molecule has 136 valence electrons. The Kier molecular flexibility index (Phi) is 4.73. The second-order valence-corrected chi connectivity index (χ2v) is 7.43. The Morgan fingerprint density at radius 3 is 2.63 bits per heavy atom. The summed E-state index contributed by atoms with van der Waals surface area (Å²) in [6.07, 6.45) is 4.22. The third kappa shape index (κ3) is 3.49. The smallest absolute Gasteiger partial charge is 0.134 e. The SMILES string of the molecule is Cc1c(-c2ccc(C#N)cc2)cc(C2CC2)n1Cc1cnc(Cl)c(CO)c1. The summed E-state index contributed by atoms with van der Waals surface area (Å²) in [5.41, 5.74) is 7.20. The number of nitrogens with zero attached hydrogens (tertiary/aromatic N) is 3. The molecule has 4 nitrogen and oxygen atoms in total. The van der Waals surface area contributed by atoms with E-state index in [1.54, 1.807) is 6.20 Å². The van der Waals surface area contributed by atoms with E-state index < -0.39 is 0 Å². The fourth-order valence-electron chi connectivity index (χ4n) is 3.54. The van der Waals surface area contributed by atoms with Crippen molar-refractivity contribution in [1.82, 2.24) is 9.55 Å². The lowest BCUT2D eigenvalue weighted by Crippen LogP contribution is -2.07. The fourth-order valence-corrected chi connectivity index (χ4v) is 3.70. The van der Waals surface area contributed by atoms with Gasteiger partial charge in [-0.25, -0.2) is 4.98 Å². The molecule has 1 aliphatic rings. The van der Waals surface area contributed by atoms with Crippen LogP contribution in [0.5, 0.6) is 0 Å². The van der Waals surface area contributed by atoms with Crippen LogP contribution in [0.3, 0.4) is 0 Å². The zero-order valence-corrected chi connectivity index (χ0v) is 15.9. The first kappa shape index (κ1) is 17.8. The number of aliphatic hydroxyl groups excluding tert-OH is 1. The van der Waals surface area contributed by atoms with Gasteiger partial charge in [-0.2, -0.15) is 5.26 Å². The number of nitriles is 1. The lowest BCUT2D eigenvalue weighted by molar-refractivity contribution is 0.281. The molecule has 0 atom stereocenters. The van der Waals surface area contributed by atoms with E-state index in [4.69, 9.17) is 16.9 Å². The van der Waals surface area contributed by atoms with Gasteiger partial charge in [0, 0.05) is 35.3 Å². The van der Waals surface area contributed by atoms with E-state index in [0.29, 0.717) is 28.7 Å². The lowest BCUT2D eigenvalue weighted by atomic mass is 10.0. The normalized spacial score (nSPS) is 13.6. The summed E-state index contributed by atoms with van der Waals surface area (Å²) >= 11 is 6.03. The van der Waals surface area contributed by atoms with E-state index in [-0.39, 0.29) is 6.61 Å². The summed E-state index contributed by atoms with van der Waals surface area (Å²) in [6, 6.07) is 14.1. The average Bonchev–Trinajstić information content (AvgIpc) is 3.49. The zero-order valence-electron chi connectivity index (χ0n) is 15.1. The maximum absolute atomic E-state index is 9.46. The molecule has 2 aromatic heterocycles. The Morgan fingerprint density at radius 2 is 2.00 bits per heavy atom. The van der Waals surface area contributed by atoms with Gasteiger partial charge in [-0.3, -0.25) is 0 Å². The highest BCUT2D eigenvalue weighted by molar-refractivity contribution is 6.30. The van der Waals surface area contributed by atoms with Crippen molar-refractivity contribution in [1.29, 1.82) is 5.26 Å². The minimum atomic E-state index is -0.115. The van der Waals surface area contributed by atoms with Gasteiger partial charge in [0.15, 0.2) is 0 Å². The van der Waals surface area contributed by atoms with Crippen molar-refractivity contribution in [2.75, 3.05) is 0 Å². The van der Waals surface area contributed by atoms with Gasteiger partial charge in [-0.15, -0.1) is 0 Å². The molecule has 0 radical (unpaired) electrons. The van der Waals surface area contributed by atoms with E-state index in [1.807, 2.05) is 30.3 Å². The molecule has 0 aliphatic heterocycles. The predicted octanol–water partition coefficient (Wildman–Crippen LogP) is 4.80. The Balaban J connectivity index is 1.74. The Morgan fingerprint density at radius 1 is 1.26 bits per heavy atom. The van der Waals surface area contributed by atoms with Crippen LogP contribution < -0.4 is 0 Å². The van der Waals surface area contributed by atoms with Crippen LogP contribution in [0.15, 0.2) is 42.6 Å². The van der Waals surface area contributed by atoms with Crippen molar-refractivity contribution in [3.8, 4) is 17.2 Å². The minimum absolute atomic E-state index is 0.115. The first-order chi connectivity index (χ1) is 13.1. The lowest BCUT2D eigenvalue weighted by Gasteiger charge is -2.13. The Bertz CT molecular complexity index is 1030. The molecule has 0 unspecified atom stereocenters. The predicted molar refractivity (Wildman–Crippen MR) is 106 cm³/mol. The zero-order chi connectivity index (χ0) is 19.0. The molecular formula is C22H20ClN3O. The summed E-state index contributed by atoms with van der Waals surface area (Å²) in [4.78, 5) is 4.21. The van der Waals surface area contributed by atoms with E-state index >= 15 is 0 Å². The molecule has 0 bridgehead atoms. The Hall–Kier alpha value is -2.61. The second kappa shape index (κ2) is 7.19. The van der Waals surface area contributed by atoms with Gasteiger partial charge in [-0.05, 0) is 61.1 Å². The third-order valence-electron chi connectivity index (χ3n) is 5.20. The minimum Gasteiger partial charge on any atom is -0.392 e. The largest absolute Gasteiger partial charge is 0.392 e. The van der Waals surface area contributed by atoms with Crippen LogP contribution in [-0.4, -0.2) is 14.7 Å². The molecule has 5 heteroatoms. The van der Waals surface area contributed by atoms with Gasteiger partial charge in [0.1, 0.15) is 5.15 Å². The maximum Gasteiger partial charge on any atom is 0.134 e. The first-order valence-electron chi connectivity index (χ1n) is 9.05. The third-order valence-corrected chi connectivity index (χ3v) is 5.54. The summed E-state index contributed by atoms with van der Waals surface area (Å²) in [5.74, 6) is 0.605. The van der Waals surface area contributed by atoms with Crippen LogP contribution in [0.2, 0.25) is 5.15 Å². The number of pyridine rings is 1. The summed E-state index contributed by atoms with van der Waals surface area (Å²) in [6.45, 7) is 2.72. The van der Waals surface area contributed by atoms with E-state index in [2.05, 4.69) is 28.6 Å². The highest BCUT2D eigenvalue weighted by Gasteiger charge is 2.29. The van der Waals surface area contributed by atoms with Crippen molar-refractivity contribution in [2.45, 2.75) is 38.8 Å². The molecule has 0 saturated heterocycles. The highest BCUT2D eigenvalue weighted by Crippen LogP contribution is 2.43. The molecule has 27 heavy (non-hydrogen) atoms. The van der Waals surface area contributed by atoms with Gasteiger partial charge in [0.25, 0.3) is 0 Å². The van der Waals surface area contributed by atoms with Gasteiger partial charge in [0.05, 0.1) is 18.2 Å². The van der Waals surface area contributed by atoms with Crippen molar-refractivity contribution in [3.63, 3.8) is 0 Å². The van der Waals surface area contributed by atoms with Crippen LogP contribution >= 0.6 is 11.6 Å². The molecule has 3 aromatic rings. The van der Waals surface area contributed by atoms with Crippen LogP contribution in [0.4, 0.5) is 0 Å². The molecule has 1 fully saturated rings. The van der Waals surface area contributed by atoms with Gasteiger partial charge < -0.3 is 9.67 Å². The highest BCUT2D eigenvalue weighted by atomic mass is 35.5. The topological polar surface area (TPSA) is 61.8 Å². The van der Waals surface area contributed by atoms with Crippen LogP contribution in [-0.2, 0) is 13.2 Å². The number of aromatic nitrogens is 2. The first-order valence-corrected chi connectivity index (χ1v) is 9.43. The summed E-state index contributed by atoms with van der Waals surface area (Å²) < 4.78 is 2.34. The molecule has 1 aromatic carbocycles. The second-order valence-electron chi connectivity index (χ2n) is 7.07. The number of benzene rings is 1. The van der Waals surface area contributed by atoms with Gasteiger partial charge in [-0.1, -0.05) is 23.7 Å². The summed E-state index contributed by atoms with van der Waals surface area (Å²) in [5, 5.41) is 18.8. The molecule has 1 N–H and O–H groups in total. The maximum atomic E-state index is 9.46. The van der Waals surface area contributed by atoms with Crippen LogP contribution in [0.1, 0.15) is 46.8 Å². The van der Waals surface area contributed by atoms with Crippen molar-refractivity contribution in [2.24, 2.45) is 0 Å². The Labute approximate surface area is 163 Å². The average molecular weight is 378 g/mol. The van der Waals surface area contributed by atoms with Gasteiger partial charge in [0.2, 0.25) is 0 Å². The monoisotopic (exact) mass is 377 g/mol. The van der Waals surface area contributed by atoms with Crippen LogP contribution in [0, 0.1) is 18.3 Å². The molecule has 4 rings (SSSR count). The number of aliphatic hydroxyl groups is 1. The van der Waals surface area contributed by atoms with E-state index in [9.17, 15) is 5.11 Å². The molecule has 0 spiro atoms. The fraction of sp³-hybridized carbons (Fsp3) is 0.273. The molecular weight excluding hydrogens is 358 g/mol. The molecule has 1 saturated carbocycles. The van der Waals surface area contributed by atoms with E-state index in [1.165, 1.54) is 29.8 Å². The summed E-state index contributed by atoms with van der Waals surface area (Å²) in [7, 11) is 0. The number of halogens is 1. The number of hydrogen-bond donors (Lipinski definition) is 1. The quantitative estimate of drug-likeness (QED) is 0.649. The van der Waals surface area contributed by atoms with Crippen molar-refractivity contribution < 1.29 is 5.11 Å². The van der Waals surface area contributed by atoms with Crippen LogP contribution in [0.25, 0.3) is 11.1 Å². The molecule has 0 amide bonds. The van der Waals surface area contributed by atoms with Gasteiger partial charge >= 0.3 is 0 Å². The van der Waals surface area contributed by atoms with E-state index in [0.717, 1.165) is 11.1 Å². The van der Waals surface area contributed by atoms with Crippen molar-refractivity contribution in [3.05, 3.63) is 75.8 Å².